The van der Waals surface area contributed by atoms with Crippen molar-refractivity contribution in [3.05, 3.63) is 29.3 Å². The molecule has 4 nitrogen and oxygen atoms in total. The van der Waals surface area contributed by atoms with Gasteiger partial charge in [0.15, 0.2) is 0 Å². The Balaban J connectivity index is 3.34. The van der Waals surface area contributed by atoms with E-state index in [0.717, 1.165) is 25.1 Å². The van der Waals surface area contributed by atoms with E-state index in [9.17, 15) is 21.6 Å². The molecule has 0 aliphatic heterocycles. The van der Waals surface area contributed by atoms with Gasteiger partial charge in [-0.05, 0) is 38.0 Å². The predicted molar refractivity (Wildman–Crippen MR) is 74.3 cm³/mol. The zero-order chi connectivity index (χ0) is 16.5. The molecule has 0 aliphatic rings. The monoisotopic (exact) mass is 324 g/mol. The Bertz CT molecular complexity index is 608. The van der Waals surface area contributed by atoms with Crippen LogP contribution in [0.2, 0.25) is 0 Å². The number of hydrogen-bond donors (Lipinski definition) is 2. The first-order valence-corrected chi connectivity index (χ1v) is 7.86. The summed E-state index contributed by atoms with van der Waals surface area (Å²) < 4.78 is 65.6. The fourth-order valence-electron chi connectivity index (χ4n) is 1.85. The average Bonchev–Trinajstić information content (AvgIpc) is 2.36. The summed E-state index contributed by atoms with van der Waals surface area (Å²) in [5.41, 5.74) is 3.34. The number of alkyl halides is 3. The molecule has 1 rings (SSSR count). The molecule has 21 heavy (non-hydrogen) atoms. The van der Waals surface area contributed by atoms with Crippen LogP contribution in [0.5, 0.6) is 0 Å². The maximum atomic E-state index is 12.9. The van der Waals surface area contributed by atoms with Crippen LogP contribution >= 0.6 is 0 Å². The van der Waals surface area contributed by atoms with Crippen LogP contribution in [0.4, 0.5) is 13.2 Å². The van der Waals surface area contributed by atoms with Crippen LogP contribution in [0.25, 0.3) is 0 Å². The van der Waals surface area contributed by atoms with E-state index in [1.54, 1.807) is 13.8 Å². The molecule has 0 spiro atoms. The molecule has 8 heteroatoms. The molecule has 0 aliphatic carbocycles. The van der Waals surface area contributed by atoms with Crippen LogP contribution in [0.3, 0.4) is 0 Å². The van der Waals surface area contributed by atoms with Crippen LogP contribution < -0.4 is 10.5 Å². The molecule has 3 N–H and O–H groups in total. The summed E-state index contributed by atoms with van der Waals surface area (Å²) >= 11 is 0. The highest BCUT2D eigenvalue weighted by atomic mass is 32.2. The van der Waals surface area contributed by atoms with Crippen molar-refractivity contribution in [2.24, 2.45) is 5.73 Å². The maximum absolute atomic E-state index is 12.9. The van der Waals surface area contributed by atoms with Gasteiger partial charge in [-0.1, -0.05) is 13.0 Å². The third-order valence-corrected chi connectivity index (χ3v) is 5.27. The molecule has 0 saturated carbocycles. The molecule has 1 aromatic rings. The minimum absolute atomic E-state index is 0.0424. The highest BCUT2D eigenvalue weighted by Crippen LogP contribution is 2.34. The largest absolute Gasteiger partial charge is 0.416 e. The van der Waals surface area contributed by atoms with Gasteiger partial charge in [0.05, 0.1) is 10.5 Å². The minimum atomic E-state index is -4.60. The van der Waals surface area contributed by atoms with Gasteiger partial charge in [-0.2, -0.15) is 13.2 Å². The molecule has 0 aromatic heterocycles. The van der Waals surface area contributed by atoms with Gasteiger partial charge in [-0.15, -0.1) is 0 Å². The quantitative estimate of drug-likeness (QED) is 0.874. The lowest BCUT2D eigenvalue weighted by Crippen LogP contribution is -2.50. The normalized spacial score (nSPS) is 15.8. The van der Waals surface area contributed by atoms with Crippen LogP contribution in [-0.4, -0.2) is 20.5 Å². The molecule has 120 valence electrons. The summed E-state index contributed by atoms with van der Waals surface area (Å²) in [6.45, 7) is 4.53. The van der Waals surface area contributed by atoms with Crippen LogP contribution in [0, 0.1) is 6.92 Å². The molecule has 0 saturated heterocycles. The number of benzene rings is 1. The van der Waals surface area contributed by atoms with Crippen molar-refractivity contribution in [1.29, 1.82) is 0 Å². The van der Waals surface area contributed by atoms with E-state index in [1.165, 1.54) is 0 Å². The number of rotatable bonds is 5. The fraction of sp³-hybridized carbons (Fsp3) is 0.538. The van der Waals surface area contributed by atoms with Gasteiger partial charge < -0.3 is 5.73 Å². The molecule has 0 amide bonds. The predicted octanol–water partition coefficient (Wildman–Crippen LogP) is 2.42. The third kappa shape index (κ3) is 3.96. The van der Waals surface area contributed by atoms with Crippen molar-refractivity contribution in [2.75, 3.05) is 6.54 Å². The van der Waals surface area contributed by atoms with Crippen LogP contribution in [-0.2, 0) is 16.2 Å². The standard InChI is InChI=1S/C13H19F3N2O2S/c1-4-12(3,8-17)18-21(19,20)11-7-5-6-10(9(11)2)13(14,15)16/h5-7,18H,4,8,17H2,1-3H3. The van der Waals surface area contributed by atoms with Gasteiger partial charge >= 0.3 is 6.18 Å². The molecule has 0 radical (unpaired) electrons. The van der Waals surface area contributed by atoms with Gasteiger partial charge in [0, 0.05) is 12.1 Å². The Morgan fingerprint density at radius 1 is 1.29 bits per heavy atom. The van der Waals surface area contributed by atoms with Gasteiger partial charge in [0.2, 0.25) is 10.0 Å². The molecule has 1 unspecified atom stereocenters. The Labute approximate surface area is 122 Å². The molecule has 0 bridgehead atoms. The zero-order valence-electron chi connectivity index (χ0n) is 12.1. The van der Waals surface area contributed by atoms with Crippen molar-refractivity contribution < 1.29 is 21.6 Å². The fourth-order valence-corrected chi connectivity index (χ4v) is 3.61. The first-order chi connectivity index (χ1) is 9.47. The molecular formula is C13H19F3N2O2S. The van der Waals surface area contributed by atoms with E-state index in [1.807, 2.05) is 0 Å². The van der Waals surface area contributed by atoms with E-state index in [0.29, 0.717) is 6.42 Å². The summed E-state index contributed by atoms with van der Waals surface area (Å²) in [6.07, 6.45) is -4.18. The summed E-state index contributed by atoms with van der Waals surface area (Å²) in [5, 5.41) is 0. The topological polar surface area (TPSA) is 72.2 Å². The van der Waals surface area contributed by atoms with E-state index in [2.05, 4.69) is 4.72 Å². The lowest BCUT2D eigenvalue weighted by atomic mass is 10.0. The highest BCUT2D eigenvalue weighted by molar-refractivity contribution is 7.89. The van der Waals surface area contributed by atoms with Crippen molar-refractivity contribution in [2.45, 2.75) is 43.8 Å². The second-order valence-corrected chi connectivity index (χ2v) is 6.80. The molecular weight excluding hydrogens is 305 g/mol. The second-order valence-electron chi connectivity index (χ2n) is 5.15. The second kappa shape index (κ2) is 5.94. The van der Waals surface area contributed by atoms with E-state index < -0.39 is 27.3 Å². The Hall–Kier alpha value is -1.12. The van der Waals surface area contributed by atoms with Crippen LogP contribution in [0.1, 0.15) is 31.4 Å². The lowest BCUT2D eigenvalue weighted by Gasteiger charge is -2.28. The summed E-state index contributed by atoms with van der Waals surface area (Å²) in [5.74, 6) is 0. The van der Waals surface area contributed by atoms with Crippen molar-refractivity contribution in [3.63, 3.8) is 0 Å². The molecule has 0 heterocycles. The van der Waals surface area contributed by atoms with Gasteiger partial charge in [0.1, 0.15) is 0 Å². The van der Waals surface area contributed by atoms with Gasteiger partial charge in [0.25, 0.3) is 0 Å². The number of nitrogens with two attached hydrogens (primary N) is 1. The van der Waals surface area contributed by atoms with E-state index in [-0.39, 0.29) is 17.0 Å². The van der Waals surface area contributed by atoms with Gasteiger partial charge in [-0.25, -0.2) is 13.1 Å². The molecule has 0 fully saturated rings. The summed E-state index contributed by atoms with van der Waals surface area (Å²) in [6, 6.07) is 3.09. The summed E-state index contributed by atoms with van der Waals surface area (Å²) in [7, 11) is -4.09. The van der Waals surface area contributed by atoms with Crippen molar-refractivity contribution in [3.8, 4) is 0 Å². The molecule has 1 atom stereocenters. The highest BCUT2D eigenvalue weighted by Gasteiger charge is 2.36. The zero-order valence-corrected chi connectivity index (χ0v) is 12.9. The number of halogens is 3. The Morgan fingerprint density at radius 3 is 2.29 bits per heavy atom. The first kappa shape index (κ1) is 17.9. The summed E-state index contributed by atoms with van der Waals surface area (Å²) in [4.78, 5) is -0.384. The number of sulfonamides is 1. The average molecular weight is 324 g/mol. The SMILES string of the molecule is CCC(C)(CN)NS(=O)(=O)c1cccc(C(F)(F)F)c1C. The smallest absolute Gasteiger partial charge is 0.329 e. The van der Waals surface area contributed by atoms with Crippen molar-refractivity contribution in [1.82, 2.24) is 4.72 Å². The van der Waals surface area contributed by atoms with Crippen LogP contribution in [0.15, 0.2) is 23.1 Å². The number of hydrogen-bond acceptors (Lipinski definition) is 3. The Kier molecular flexibility index (Phi) is 5.07. The first-order valence-electron chi connectivity index (χ1n) is 6.38. The third-order valence-electron chi connectivity index (χ3n) is 3.49. The maximum Gasteiger partial charge on any atom is 0.416 e. The lowest BCUT2D eigenvalue weighted by molar-refractivity contribution is -0.138. The van der Waals surface area contributed by atoms with E-state index >= 15 is 0 Å². The van der Waals surface area contributed by atoms with Crippen molar-refractivity contribution >= 4 is 10.0 Å². The van der Waals surface area contributed by atoms with Gasteiger partial charge in [-0.3, -0.25) is 0 Å². The number of nitrogens with one attached hydrogen (secondary N) is 1. The van der Waals surface area contributed by atoms with E-state index in [4.69, 9.17) is 5.73 Å². The Morgan fingerprint density at radius 2 is 1.86 bits per heavy atom. The minimum Gasteiger partial charge on any atom is -0.329 e. The molecule has 1 aromatic carbocycles.